The van der Waals surface area contributed by atoms with E-state index in [1.165, 1.54) is 0 Å². The van der Waals surface area contributed by atoms with Crippen LogP contribution in [0.3, 0.4) is 0 Å². The zero-order chi connectivity index (χ0) is 22.2. The molecule has 3 aromatic carbocycles. The lowest BCUT2D eigenvalue weighted by Gasteiger charge is -2.38. The number of hydrogen-bond acceptors (Lipinski definition) is 6. The highest BCUT2D eigenvalue weighted by molar-refractivity contribution is 6.30. The van der Waals surface area contributed by atoms with E-state index in [9.17, 15) is 0 Å². The van der Waals surface area contributed by atoms with E-state index >= 15 is 0 Å². The molecule has 5 rings (SSSR count). The maximum absolute atomic E-state index is 6.45. The first-order valence-electron chi connectivity index (χ1n) is 10.3. The van der Waals surface area contributed by atoms with Gasteiger partial charge >= 0.3 is 0 Å². The van der Waals surface area contributed by atoms with Crippen LogP contribution < -0.4 is 18.9 Å². The summed E-state index contributed by atoms with van der Waals surface area (Å²) < 4.78 is 22.9. The first-order chi connectivity index (χ1) is 15.6. The topological polar surface area (TPSA) is 52.5 Å². The number of hydrazone groups is 1. The molecule has 0 saturated heterocycles. The van der Waals surface area contributed by atoms with Crippen molar-refractivity contribution in [1.29, 1.82) is 0 Å². The fourth-order valence-electron chi connectivity index (χ4n) is 4.26. The van der Waals surface area contributed by atoms with Gasteiger partial charge < -0.3 is 18.9 Å². The SMILES string of the molecule is COc1cccc(C2=NN3[C@@H](c4ccc(OC)cc4OC)Oc4ccc(Cl)cc4[C@@H]3C2)c1. The van der Waals surface area contributed by atoms with Crippen molar-refractivity contribution in [1.82, 2.24) is 5.01 Å². The van der Waals surface area contributed by atoms with Gasteiger partial charge in [-0.3, -0.25) is 0 Å². The number of methoxy groups -OCH3 is 3. The molecule has 2 aliphatic heterocycles. The van der Waals surface area contributed by atoms with Gasteiger partial charge in [0.1, 0.15) is 23.0 Å². The third kappa shape index (κ3) is 3.50. The van der Waals surface area contributed by atoms with Gasteiger partial charge in [0.15, 0.2) is 0 Å². The van der Waals surface area contributed by atoms with Crippen molar-refractivity contribution in [3.63, 3.8) is 0 Å². The minimum absolute atomic E-state index is 0.0181. The van der Waals surface area contributed by atoms with Crippen LogP contribution in [0.15, 0.2) is 65.8 Å². The molecule has 0 amide bonds. The van der Waals surface area contributed by atoms with Gasteiger partial charge in [-0.2, -0.15) is 5.10 Å². The fraction of sp³-hybridized carbons (Fsp3) is 0.240. The molecule has 0 unspecified atom stereocenters. The van der Waals surface area contributed by atoms with Gasteiger partial charge in [-0.05, 0) is 42.5 Å². The van der Waals surface area contributed by atoms with Crippen LogP contribution in [0.1, 0.15) is 35.4 Å². The molecule has 0 saturated carbocycles. The smallest absolute Gasteiger partial charge is 0.217 e. The lowest BCUT2D eigenvalue weighted by Crippen LogP contribution is -2.34. The van der Waals surface area contributed by atoms with Crippen LogP contribution in [0.5, 0.6) is 23.0 Å². The van der Waals surface area contributed by atoms with Crippen molar-refractivity contribution in [3.05, 3.63) is 82.4 Å². The molecule has 2 aliphatic rings. The maximum atomic E-state index is 6.45. The van der Waals surface area contributed by atoms with Gasteiger partial charge in [0.2, 0.25) is 6.23 Å². The van der Waals surface area contributed by atoms with Crippen molar-refractivity contribution in [2.45, 2.75) is 18.7 Å². The summed E-state index contributed by atoms with van der Waals surface area (Å²) >= 11 is 6.33. The predicted molar refractivity (Wildman–Crippen MR) is 123 cm³/mol. The molecular formula is C25H23ClN2O4. The van der Waals surface area contributed by atoms with E-state index in [1.54, 1.807) is 21.3 Å². The third-order valence-electron chi connectivity index (χ3n) is 5.86. The number of halogens is 1. The predicted octanol–water partition coefficient (Wildman–Crippen LogP) is 5.61. The molecular weight excluding hydrogens is 428 g/mol. The number of rotatable bonds is 5. The Kier molecular flexibility index (Phi) is 5.31. The Morgan fingerprint density at radius 1 is 0.906 bits per heavy atom. The second-order valence-corrected chi connectivity index (χ2v) is 8.08. The molecule has 7 heteroatoms. The third-order valence-corrected chi connectivity index (χ3v) is 6.10. The van der Waals surface area contributed by atoms with E-state index in [1.807, 2.05) is 65.7 Å². The molecule has 0 bridgehead atoms. The van der Waals surface area contributed by atoms with E-state index in [0.29, 0.717) is 16.5 Å². The highest BCUT2D eigenvalue weighted by Gasteiger charge is 2.42. The average Bonchev–Trinajstić information content (AvgIpc) is 3.29. The molecule has 0 radical (unpaired) electrons. The summed E-state index contributed by atoms with van der Waals surface area (Å²) in [4.78, 5) is 0. The summed E-state index contributed by atoms with van der Waals surface area (Å²) in [6, 6.07) is 19.4. The van der Waals surface area contributed by atoms with Crippen LogP contribution in [0.4, 0.5) is 0 Å². The van der Waals surface area contributed by atoms with E-state index in [4.69, 9.17) is 35.6 Å². The van der Waals surface area contributed by atoms with Gasteiger partial charge in [0.25, 0.3) is 0 Å². The fourth-order valence-corrected chi connectivity index (χ4v) is 4.44. The normalized spacial score (nSPS) is 18.9. The van der Waals surface area contributed by atoms with Gasteiger partial charge in [-0.15, -0.1) is 0 Å². The van der Waals surface area contributed by atoms with E-state index in [-0.39, 0.29) is 6.04 Å². The zero-order valence-electron chi connectivity index (χ0n) is 18.0. The van der Waals surface area contributed by atoms with Crippen LogP contribution >= 0.6 is 11.6 Å². The lowest BCUT2D eigenvalue weighted by molar-refractivity contribution is -0.0203. The highest BCUT2D eigenvalue weighted by atomic mass is 35.5. The molecule has 0 spiro atoms. The standard InChI is InChI=1S/C25H23ClN2O4/c1-29-17-6-4-5-15(11-17)21-14-22-20-12-16(26)7-10-23(20)32-25(28(22)27-21)19-9-8-18(30-2)13-24(19)31-3/h4-13,22,25H,14H2,1-3H3/t22-,25+/m0/s1. The summed E-state index contributed by atoms with van der Waals surface area (Å²) in [6.45, 7) is 0. The molecule has 0 N–H and O–H groups in total. The summed E-state index contributed by atoms with van der Waals surface area (Å²) in [5.74, 6) is 2.98. The molecule has 2 atom stereocenters. The minimum atomic E-state index is -0.461. The van der Waals surface area contributed by atoms with E-state index in [0.717, 1.165) is 40.3 Å². The number of benzene rings is 3. The number of nitrogens with zero attached hydrogens (tertiary/aromatic N) is 2. The molecule has 32 heavy (non-hydrogen) atoms. The number of hydrogen-bond donors (Lipinski definition) is 0. The zero-order valence-corrected chi connectivity index (χ0v) is 18.8. The second-order valence-electron chi connectivity index (χ2n) is 7.64. The van der Waals surface area contributed by atoms with Crippen LogP contribution in [0.25, 0.3) is 0 Å². The number of ether oxygens (including phenoxy) is 4. The molecule has 0 fully saturated rings. The van der Waals surface area contributed by atoms with Crippen molar-refractivity contribution in [2.24, 2.45) is 5.10 Å². The van der Waals surface area contributed by atoms with Gasteiger partial charge in [-0.1, -0.05) is 23.7 Å². The van der Waals surface area contributed by atoms with E-state index < -0.39 is 6.23 Å². The number of fused-ring (bicyclic) bond motifs is 3. The minimum Gasteiger partial charge on any atom is -0.497 e. The Labute approximate surface area is 191 Å². The first-order valence-corrected chi connectivity index (χ1v) is 10.7. The molecule has 0 aliphatic carbocycles. The van der Waals surface area contributed by atoms with E-state index in [2.05, 4.69) is 0 Å². The Morgan fingerprint density at radius 3 is 2.50 bits per heavy atom. The average molecular weight is 451 g/mol. The summed E-state index contributed by atoms with van der Waals surface area (Å²) in [6.07, 6.45) is 0.261. The van der Waals surface area contributed by atoms with Crippen molar-refractivity contribution in [2.75, 3.05) is 21.3 Å². The Bertz CT molecular complexity index is 1200. The largest absolute Gasteiger partial charge is 0.497 e. The lowest BCUT2D eigenvalue weighted by atomic mass is 9.95. The van der Waals surface area contributed by atoms with Gasteiger partial charge in [0, 0.05) is 28.6 Å². The summed E-state index contributed by atoms with van der Waals surface area (Å²) in [7, 11) is 4.94. The molecule has 2 heterocycles. The monoisotopic (exact) mass is 450 g/mol. The van der Waals surface area contributed by atoms with Crippen LogP contribution in [0, 0.1) is 0 Å². The van der Waals surface area contributed by atoms with Crippen molar-refractivity contribution in [3.8, 4) is 23.0 Å². The molecule has 0 aromatic heterocycles. The molecule has 3 aromatic rings. The first kappa shape index (κ1) is 20.5. The van der Waals surface area contributed by atoms with Crippen LogP contribution in [-0.2, 0) is 0 Å². The molecule has 6 nitrogen and oxygen atoms in total. The summed E-state index contributed by atoms with van der Waals surface area (Å²) in [5.41, 5.74) is 3.86. The van der Waals surface area contributed by atoms with Gasteiger partial charge in [0.05, 0.1) is 38.6 Å². The van der Waals surface area contributed by atoms with Crippen molar-refractivity contribution < 1.29 is 18.9 Å². The summed E-state index contributed by atoms with van der Waals surface area (Å²) in [5, 5.41) is 7.67. The van der Waals surface area contributed by atoms with Crippen LogP contribution in [-0.4, -0.2) is 32.0 Å². The van der Waals surface area contributed by atoms with Crippen molar-refractivity contribution >= 4 is 17.3 Å². The Morgan fingerprint density at radius 2 is 1.72 bits per heavy atom. The Hall–Kier alpha value is -3.38. The highest BCUT2D eigenvalue weighted by Crippen LogP contribution is 2.49. The molecule has 164 valence electrons. The maximum Gasteiger partial charge on any atom is 0.217 e. The second kappa shape index (κ2) is 8.28. The quantitative estimate of drug-likeness (QED) is 0.505. The van der Waals surface area contributed by atoms with Crippen LogP contribution in [0.2, 0.25) is 5.02 Å². The van der Waals surface area contributed by atoms with Gasteiger partial charge in [-0.25, -0.2) is 5.01 Å². The Balaban J connectivity index is 1.61.